The second-order valence-electron chi connectivity index (χ2n) is 5.31. The van der Waals surface area contributed by atoms with Crippen molar-refractivity contribution in [3.63, 3.8) is 0 Å². The van der Waals surface area contributed by atoms with Gasteiger partial charge in [-0.05, 0) is 29.8 Å². The quantitative estimate of drug-likeness (QED) is 0.793. The number of sulfone groups is 1. The van der Waals surface area contributed by atoms with Crippen LogP contribution in [0.2, 0.25) is 0 Å². The Morgan fingerprint density at radius 3 is 2.52 bits per heavy atom. The lowest BCUT2D eigenvalue weighted by molar-refractivity contribution is 0.101. The molecule has 1 aromatic heterocycles. The highest BCUT2D eigenvalue weighted by atomic mass is 32.2. The highest BCUT2D eigenvalue weighted by Gasteiger charge is 2.10. The van der Waals surface area contributed by atoms with E-state index in [1.54, 1.807) is 35.3 Å². The van der Waals surface area contributed by atoms with Gasteiger partial charge in [-0.25, -0.2) is 18.1 Å². The van der Waals surface area contributed by atoms with Crippen molar-refractivity contribution in [2.24, 2.45) is 0 Å². The van der Waals surface area contributed by atoms with Crippen molar-refractivity contribution in [2.45, 2.75) is 5.75 Å². The summed E-state index contributed by atoms with van der Waals surface area (Å²) in [6, 6.07) is 14.0. The van der Waals surface area contributed by atoms with Crippen molar-refractivity contribution in [1.82, 2.24) is 9.66 Å². The number of amides is 1. The number of benzene rings is 2. The number of hydrogen-bond donors (Lipinski definition) is 1. The molecular weight excluding hydrogens is 314 g/mol. The zero-order valence-electron chi connectivity index (χ0n) is 12.4. The van der Waals surface area contributed by atoms with Crippen molar-refractivity contribution < 1.29 is 13.2 Å². The lowest BCUT2D eigenvalue weighted by atomic mass is 10.1. The molecule has 0 aliphatic carbocycles. The lowest BCUT2D eigenvalue weighted by Gasteiger charge is -2.07. The molecule has 0 radical (unpaired) electrons. The van der Waals surface area contributed by atoms with E-state index in [0.29, 0.717) is 11.1 Å². The van der Waals surface area contributed by atoms with Gasteiger partial charge in [-0.2, -0.15) is 0 Å². The molecule has 118 valence electrons. The van der Waals surface area contributed by atoms with Crippen LogP contribution in [0.15, 0.2) is 54.9 Å². The van der Waals surface area contributed by atoms with Crippen LogP contribution < -0.4 is 5.43 Å². The van der Waals surface area contributed by atoms with Gasteiger partial charge in [0.1, 0.15) is 6.33 Å². The molecule has 0 aliphatic heterocycles. The molecule has 3 rings (SSSR count). The number of rotatable bonds is 4. The standard InChI is InChI=1S/C16H15N3O3S/c1-23(21,22)10-12-6-8-13(9-7-12)16(20)18-19-11-17-14-4-2-3-5-15(14)19/h2-9,11H,10H2,1H3,(H,18,20). The van der Waals surface area contributed by atoms with Crippen LogP contribution in [0.5, 0.6) is 0 Å². The van der Waals surface area contributed by atoms with Gasteiger partial charge in [0.15, 0.2) is 9.84 Å². The molecule has 0 aliphatic rings. The van der Waals surface area contributed by atoms with Crippen LogP contribution >= 0.6 is 0 Å². The van der Waals surface area contributed by atoms with E-state index in [2.05, 4.69) is 10.4 Å². The van der Waals surface area contributed by atoms with E-state index in [1.807, 2.05) is 24.3 Å². The Morgan fingerprint density at radius 2 is 1.83 bits per heavy atom. The molecule has 0 saturated heterocycles. The summed E-state index contributed by atoms with van der Waals surface area (Å²) in [7, 11) is -3.09. The molecule has 3 aromatic rings. The maximum Gasteiger partial charge on any atom is 0.270 e. The van der Waals surface area contributed by atoms with E-state index in [1.165, 1.54) is 6.26 Å². The Morgan fingerprint density at radius 1 is 1.13 bits per heavy atom. The first-order valence-corrected chi connectivity index (χ1v) is 8.98. The maximum atomic E-state index is 12.3. The predicted octanol–water partition coefficient (Wildman–Crippen LogP) is 1.96. The minimum absolute atomic E-state index is 0.0406. The predicted molar refractivity (Wildman–Crippen MR) is 88.4 cm³/mol. The van der Waals surface area contributed by atoms with Gasteiger partial charge in [0, 0.05) is 11.8 Å². The summed E-state index contributed by atoms with van der Waals surface area (Å²) < 4.78 is 24.1. The fourth-order valence-electron chi connectivity index (χ4n) is 2.28. The molecule has 0 spiro atoms. The molecule has 1 N–H and O–H groups in total. The summed E-state index contributed by atoms with van der Waals surface area (Å²) >= 11 is 0. The van der Waals surface area contributed by atoms with Gasteiger partial charge in [-0.1, -0.05) is 24.3 Å². The number of imidazole rings is 1. The van der Waals surface area contributed by atoms with Crippen molar-refractivity contribution in [3.05, 3.63) is 66.0 Å². The van der Waals surface area contributed by atoms with E-state index >= 15 is 0 Å². The van der Waals surface area contributed by atoms with Crippen molar-refractivity contribution in [2.75, 3.05) is 11.7 Å². The summed E-state index contributed by atoms with van der Waals surface area (Å²) in [5.74, 6) is -0.333. The maximum absolute atomic E-state index is 12.3. The highest BCUT2D eigenvalue weighted by molar-refractivity contribution is 7.89. The first kappa shape index (κ1) is 15.2. The van der Waals surface area contributed by atoms with E-state index in [-0.39, 0.29) is 11.7 Å². The fourth-order valence-corrected chi connectivity index (χ4v) is 3.08. The van der Waals surface area contributed by atoms with Gasteiger partial charge in [0.05, 0.1) is 16.8 Å². The average molecular weight is 329 g/mol. The number of carbonyl (C=O) groups excluding carboxylic acids is 1. The Hall–Kier alpha value is -2.67. The van der Waals surface area contributed by atoms with Crippen molar-refractivity contribution in [3.8, 4) is 0 Å². The SMILES string of the molecule is CS(=O)(=O)Cc1ccc(C(=O)Nn2cnc3ccccc32)cc1. The molecule has 23 heavy (non-hydrogen) atoms. The normalized spacial score (nSPS) is 11.5. The van der Waals surface area contributed by atoms with Gasteiger partial charge in [-0.3, -0.25) is 10.2 Å². The van der Waals surface area contributed by atoms with E-state index in [9.17, 15) is 13.2 Å². The average Bonchev–Trinajstić information content (AvgIpc) is 2.90. The third-order valence-corrected chi connectivity index (χ3v) is 4.18. The topological polar surface area (TPSA) is 81.1 Å². The Bertz CT molecular complexity index is 960. The number of carbonyl (C=O) groups is 1. The summed E-state index contributed by atoms with van der Waals surface area (Å²) in [5.41, 5.74) is 5.43. The zero-order valence-corrected chi connectivity index (χ0v) is 13.2. The van der Waals surface area contributed by atoms with Gasteiger partial charge < -0.3 is 0 Å². The largest absolute Gasteiger partial charge is 0.270 e. The third kappa shape index (κ3) is 3.57. The second-order valence-corrected chi connectivity index (χ2v) is 7.45. The lowest BCUT2D eigenvalue weighted by Crippen LogP contribution is -2.22. The minimum Gasteiger partial charge on any atom is -0.267 e. The molecule has 0 fully saturated rings. The number of fused-ring (bicyclic) bond motifs is 1. The molecule has 1 amide bonds. The van der Waals surface area contributed by atoms with Gasteiger partial charge in [-0.15, -0.1) is 0 Å². The van der Waals surface area contributed by atoms with E-state index in [0.717, 1.165) is 11.0 Å². The van der Waals surface area contributed by atoms with Crippen LogP contribution in [-0.2, 0) is 15.6 Å². The molecular formula is C16H15N3O3S. The zero-order chi connectivity index (χ0) is 16.4. The van der Waals surface area contributed by atoms with Crippen LogP contribution in [0.25, 0.3) is 11.0 Å². The minimum atomic E-state index is -3.09. The monoisotopic (exact) mass is 329 g/mol. The van der Waals surface area contributed by atoms with E-state index < -0.39 is 9.84 Å². The van der Waals surface area contributed by atoms with Gasteiger partial charge >= 0.3 is 0 Å². The van der Waals surface area contributed by atoms with Crippen molar-refractivity contribution >= 4 is 26.8 Å². The Labute approximate surface area is 133 Å². The summed E-state index contributed by atoms with van der Waals surface area (Å²) in [5, 5.41) is 0. The number of para-hydroxylation sites is 2. The number of hydrogen-bond acceptors (Lipinski definition) is 4. The van der Waals surface area contributed by atoms with Crippen LogP contribution in [0.3, 0.4) is 0 Å². The van der Waals surface area contributed by atoms with Crippen LogP contribution in [0, 0.1) is 0 Å². The highest BCUT2D eigenvalue weighted by Crippen LogP contribution is 2.12. The molecule has 6 nitrogen and oxygen atoms in total. The van der Waals surface area contributed by atoms with Gasteiger partial charge in [0.25, 0.3) is 5.91 Å². The summed E-state index contributed by atoms with van der Waals surface area (Å²) in [6.07, 6.45) is 2.72. The van der Waals surface area contributed by atoms with E-state index in [4.69, 9.17) is 0 Å². The Balaban J connectivity index is 1.78. The fraction of sp³-hybridized carbons (Fsp3) is 0.125. The second kappa shape index (κ2) is 5.85. The molecule has 0 saturated carbocycles. The van der Waals surface area contributed by atoms with Crippen LogP contribution in [-0.4, -0.2) is 30.2 Å². The van der Waals surface area contributed by atoms with Crippen molar-refractivity contribution in [1.29, 1.82) is 0 Å². The molecule has 7 heteroatoms. The molecule has 0 bridgehead atoms. The number of nitrogens with zero attached hydrogens (tertiary/aromatic N) is 2. The van der Waals surface area contributed by atoms with Crippen LogP contribution in [0.1, 0.15) is 15.9 Å². The summed E-state index contributed by atoms with van der Waals surface area (Å²) in [6.45, 7) is 0. The van der Waals surface area contributed by atoms with Gasteiger partial charge in [0.2, 0.25) is 0 Å². The molecule has 1 heterocycles. The molecule has 0 unspecified atom stereocenters. The Kier molecular flexibility index (Phi) is 3.87. The molecule has 2 aromatic carbocycles. The smallest absolute Gasteiger partial charge is 0.267 e. The number of nitrogens with one attached hydrogen (secondary N) is 1. The summed E-state index contributed by atoms with van der Waals surface area (Å²) in [4.78, 5) is 16.5. The third-order valence-electron chi connectivity index (χ3n) is 3.32. The first-order valence-electron chi connectivity index (χ1n) is 6.92. The first-order chi connectivity index (χ1) is 10.9. The molecule has 0 atom stereocenters. The van der Waals surface area contributed by atoms with Crippen LogP contribution in [0.4, 0.5) is 0 Å². The number of aromatic nitrogens is 2.